The van der Waals surface area contributed by atoms with E-state index < -0.39 is 6.04 Å². The molecule has 0 saturated carbocycles. The predicted octanol–water partition coefficient (Wildman–Crippen LogP) is 4.63. The molecule has 3 aromatic rings. The topological polar surface area (TPSA) is 98.8 Å². The number of benzene rings is 3. The molecule has 2 N–H and O–H groups in total. The Labute approximate surface area is 255 Å². The van der Waals surface area contributed by atoms with Crippen molar-refractivity contribution in [1.82, 2.24) is 20.4 Å². The minimum Gasteiger partial charge on any atom is -0.353 e. The predicted molar refractivity (Wildman–Crippen MR) is 166 cm³/mol. The SMILES string of the molecule is C=CC(=O)NCCCC[C@H](NC(=O)Cc1ccc(Cl)c(Cl)c1)C(=O)N1CCN(C(=O)c2cccc3ccccc23)CC1. The van der Waals surface area contributed by atoms with Crippen LogP contribution in [0.25, 0.3) is 10.8 Å². The fourth-order valence-corrected chi connectivity index (χ4v) is 5.35. The van der Waals surface area contributed by atoms with Crippen LogP contribution in [0.1, 0.15) is 35.2 Å². The summed E-state index contributed by atoms with van der Waals surface area (Å²) >= 11 is 12.1. The van der Waals surface area contributed by atoms with Gasteiger partial charge in [-0.3, -0.25) is 19.2 Å². The number of halogens is 2. The normalized spacial score (nSPS) is 13.9. The van der Waals surface area contributed by atoms with Gasteiger partial charge in [-0.05, 0) is 59.9 Å². The van der Waals surface area contributed by atoms with E-state index >= 15 is 0 Å². The van der Waals surface area contributed by atoms with E-state index in [4.69, 9.17) is 23.2 Å². The highest BCUT2D eigenvalue weighted by molar-refractivity contribution is 6.42. The second-order valence-corrected chi connectivity index (χ2v) is 11.0. The van der Waals surface area contributed by atoms with Crippen LogP contribution >= 0.6 is 23.2 Å². The lowest BCUT2D eigenvalue weighted by Crippen LogP contribution is -2.56. The van der Waals surface area contributed by atoms with Gasteiger partial charge >= 0.3 is 0 Å². The standard InChI is InChI=1S/C32H34Cl2N4O4/c1-2-29(39)35-15-6-5-12-28(36-30(40)21-22-13-14-26(33)27(34)20-22)32(42)38-18-16-37(17-19-38)31(41)25-11-7-9-23-8-3-4-10-24(23)25/h2-4,7-11,13-14,20,28H,1,5-6,12,15-19,21H2,(H,35,39)(H,36,40)/t28-/m0/s1. The number of nitrogens with zero attached hydrogens (tertiary/aromatic N) is 2. The summed E-state index contributed by atoms with van der Waals surface area (Å²) in [5.41, 5.74) is 1.32. The zero-order valence-electron chi connectivity index (χ0n) is 23.3. The van der Waals surface area contributed by atoms with E-state index in [9.17, 15) is 19.2 Å². The average Bonchev–Trinajstić information content (AvgIpc) is 3.01. The molecule has 1 fully saturated rings. The molecule has 10 heteroatoms. The summed E-state index contributed by atoms with van der Waals surface area (Å²) < 4.78 is 0. The van der Waals surface area contributed by atoms with Crippen LogP contribution in [0.15, 0.2) is 73.3 Å². The third-order valence-electron chi connectivity index (χ3n) is 7.28. The number of nitrogens with one attached hydrogen (secondary N) is 2. The summed E-state index contributed by atoms with van der Waals surface area (Å²) in [5, 5.41) is 8.27. The largest absolute Gasteiger partial charge is 0.353 e. The van der Waals surface area contributed by atoms with Gasteiger partial charge in [0.05, 0.1) is 16.5 Å². The highest BCUT2D eigenvalue weighted by Gasteiger charge is 2.30. The number of carbonyl (C=O) groups is 4. The highest BCUT2D eigenvalue weighted by Crippen LogP contribution is 2.23. The molecule has 8 nitrogen and oxygen atoms in total. The van der Waals surface area contributed by atoms with Gasteiger partial charge in [-0.25, -0.2) is 0 Å². The number of amides is 4. The number of fused-ring (bicyclic) bond motifs is 1. The van der Waals surface area contributed by atoms with E-state index in [2.05, 4.69) is 17.2 Å². The van der Waals surface area contributed by atoms with Gasteiger partial charge in [0, 0.05) is 38.3 Å². The lowest BCUT2D eigenvalue weighted by atomic mass is 10.0. The first-order valence-corrected chi connectivity index (χ1v) is 14.7. The number of rotatable bonds is 11. The maximum absolute atomic E-state index is 13.6. The molecule has 42 heavy (non-hydrogen) atoms. The molecule has 3 aromatic carbocycles. The van der Waals surface area contributed by atoms with Crippen molar-refractivity contribution in [2.75, 3.05) is 32.7 Å². The lowest BCUT2D eigenvalue weighted by Gasteiger charge is -2.36. The van der Waals surface area contributed by atoms with Crippen molar-refractivity contribution >= 4 is 57.6 Å². The van der Waals surface area contributed by atoms with E-state index in [0.717, 1.165) is 10.8 Å². The van der Waals surface area contributed by atoms with E-state index in [1.165, 1.54) is 6.08 Å². The van der Waals surface area contributed by atoms with E-state index in [-0.39, 0.29) is 30.0 Å². The Kier molecular flexibility index (Phi) is 11.0. The van der Waals surface area contributed by atoms with Gasteiger partial charge in [0.25, 0.3) is 5.91 Å². The third-order valence-corrected chi connectivity index (χ3v) is 8.02. The molecule has 0 aliphatic carbocycles. The quantitative estimate of drug-likeness (QED) is 0.245. The van der Waals surface area contributed by atoms with E-state index in [1.54, 1.807) is 28.0 Å². The van der Waals surface area contributed by atoms with Crippen molar-refractivity contribution in [3.8, 4) is 0 Å². The van der Waals surface area contributed by atoms with Gasteiger partial charge in [0.2, 0.25) is 17.7 Å². The fraction of sp³-hybridized carbons (Fsp3) is 0.312. The Bertz CT molecular complexity index is 1460. The van der Waals surface area contributed by atoms with Gasteiger partial charge in [0.15, 0.2) is 0 Å². The summed E-state index contributed by atoms with van der Waals surface area (Å²) in [4.78, 5) is 54.8. The van der Waals surface area contributed by atoms with Crippen LogP contribution in [0.5, 0.6) is 0 Å². The molecule has 0 radical (unpaired) electrons. The summed E-state index contributed by atoms with van der Waals surface area (Å²) in [7, 11) is 0. The van der Waals surface area contributed by atoms with Gasteiger partial charge in [-0.15, -0.1) is 0 Å². The van der Waals surface area contributed by atoms with Crippen molar-refractivity contribution < 1.29 is 19.2 Å². The molecule has 1 atom stereocenters. The molecule has 1 saturated heterocycles. The Hall–Kier alpha value is -3.88. The second-order valence-electron chi connectivity index (χ2n) is 10.2. The zero-order valence-corrected chi connectivity index (χ0v) is 24.8. The molecular formula is C32H34Cl2N4O4. The molecule has 1 aliphatic heterocycles. The molecule has 0 aromatic heterocycles. The molecule has 0 spiro atoms. The highest BCUT2D eigenvalue weighted by atomic mass is 35.5. The lowest BCUT2D eigenvalue weighted by molar-refractivity contribution is -0.137. The molecule has 4 amide bonds. The third kappa shape index (κ3) is 8.11. The van der Waals surface area contributed by atoms with E-state index in [1.807, 2.05) is 42.5 Å². The zero-order chi connectivity index (χ0) is 30.1. The Morgan fingerprint density at radius 2 is 1.60 bits per heavy atom. The van der Waals surface area contributed by atoms with Crippen molar-refractivity contribution in [3.63, 3.8) is 0 Å². The second kappa shape index (κ2) is 14.8. The van der Waals surface area contributed by atoms with Crippen LogP contribution in [0.4, 0.5) is 0 Å². The minimum atomic E-state index is -0.740. The van der Waals surface area contributed by atoms with Gasteiger partial charge in [0.1, 0.15) is 6.04 Å². The number of hydrogen-bond donors (Lipinski definition) is 2. The molecule has 1 aliphatic rings. The minimum absolute atomic E-state index is 0.0450. The number of carbonyl (C=O) groups excluding carboxylic acids is 4. The molecule has 0 bridgehead atoms. The van der Waals surface area contributed by atoms with Crippen LogP contribution < -0.4 is 10.6 Å². The summed E-state index contributed by atoms with van der Waals surface area (Å²) in [5.74, 6) is -0.818. The summed E-state index contributed by atoms with van der Waals surface area (Å²) in [6, 6.07) is 17.7. The molecular weight excluding hydrogens is 575 g/mol. The first kappa shape index (κ1) is 31.1. The summed E-state index contributed by atoms with van der Waals surface area (Å²) in [6.07, 6.45) is 2.91. The van der Waals surface area contributed by atoms with Crippen molar-refractivity contribution in [3.05, 3.63) is 94.5 Å². The Morgan fingerprint density at radius 3 is 2.33 bits per heavy atom. The average molecular weight is 610 g/mol. The number of piperazine rings is 1. The van der Waals surface area contributed by atoms with Gasteiger partial charge < -0.3 is 20.4 Å². The Balaban J connectivity index is 1.38. The smallest absolute Gasteiger partial charge is 0.254 e. The first-order chi connectivity index (χ1) is 20.3. The Morgan fingerprint density at radius 1 is 0.881 bits per heavy atom. The van der Waals surface area contributed by atoms with Crippen LogP contribution in [0.2, 0.25) is 10.0 Å². The van der Waals surface area contributed by atoms with Crippen molar-refractivity contribution in [1.29, 1.82) is 0 Å². The number of unbranched alkanes of at least 4 members (excludes halogenated alkanes) is 1. The molecule has 220 valence electrons. The fourth-order valence-electron chi connectivity index (χ4n) is 5.03. The van der Waals surface area contributed by atoms with Crippen molar-refractivity contribution in [2.24, 2.45) is 0 Å². The van der Waals surface area contributed by atoms with Crippen LogP contribution in [-0.2, 0) is 20.8 Å². The maximum atomic E-state index is 13.6. The van der Waals surface area contributed by atoms with Crippen molar-refractivity contribution in [2.45, 2.75) is 31.7 Å². The number of hydrogen-bond acceptors (Lipinski definition) is 4. The van der Waals surface area contributed by atoms with Gasteiger partial charge in [-0.1, -0.05) is 72.2 Å². The van der Waals surface area contributed by atoms with Crippen LogP contribution in [-0.4, -0.2) is 72.2 Å². The molecule has 0 unspecified atom stereocenters. The molecule has 4 rings (SSSR count). The van der Waals surface area contributed by atoms with Crippen LogP contribution in [0.3, 0.4) is 0 Å². The van der Waals surface area contributed by atoms with Crippen LogP contribution in [0, 0.1) is 0 Å². The molecule has 1 heterocycles. The maximum Gasteiger partial charge on any atom is 0.254 e. The van der Waals surface area contributed by atoms with E-state index in [0.29, 0.717) is 73.2 Å². The summed E-state index contributed by atoms with van der Waals surface area (Å²) in [6.45, 7) is 5.40. The monoisotopic (exact) mass is 608 g/mol. The van der Waals surface area contributed by atoms with Gasteiger partial charge in [-0.2, -0.15) is 0 Å². The first-order valence-electron chi connectivity index (χ1n) is 14.0.